The predicted octanol–water partition coefficient (Wildman–Crippen LogP) is 1.41. The number of carbonyl (C=O) groups is 1. The zero-order chi connectivity index (χ0) is 9.14. The summed E-state index contributed by atoms with van der Waals surface area (Å²) < 4.78 is 12.8. The number of rotatable bonds is 2. The molecule has 0 saturated heterocycles. The summed E-state index contributed by atoms with van der Waals surface area (Å²) in [5.74, 6) is -2.62. The topological polar surface area (TPSA) is 50.2 Å². The van der Waals surface area contributed by atoms with Crippen molar-refractivity contribution in [2.75, 3.05) is 0 Å². The first-order valence-corrected chi connectivity index (χ1v) is 3.46. The van der Waals surface area contributed by atoms with Crippen molar-refractivity contribution in [2.45, 2.75) is 12.8 Å². The van der Waals surface area contributed by atoms with E-state index < -0.39 is 17.8 Å². The van der Waals surface area contributed by atoms with E-state index in [-0.39, 0.29) is 5.56 Å². The Kier molecular flexibility index (Phi) is 2.38. The van der Waals surface area contributed by atoms with Crippen LogP contribution < -0.4 is 0 Å². The molecule has 0 aliphatic rings. The van der Waals surface area contributed by atoms with Gasteiger partial charge in [0, 0.05) is 11.8 Å². The predicted molar refractivity (Wildman–Crippen MR) is 40.2 cm³/mol. The molecule has 4 heteroatoms. The zero-order valence-electron chi connectivity index (χ0n) is 6.49. The second-order valence-corrected chi connectivity index (χ2v) is 2.44. The number of carboxylic acid groups (broad SMARTS) is 1. The van der Waals surface area contributed by atoms with Crippen molar-refractivity contribution in [3.05, 3.63) is 29.8 Å². The van der Waals surface area contributed by atoms with E-state index in [1.165, 1.54) is 25.3 Å². The molecule has 1 aromatic heterocycles. The fourth-order valence-corrected chi connectivity index (χ4v) is 0.854. The van der Waals surface area contributed by atoms with Gasteiger partial charge in [0.2, 0.25) is 5.95 Å². The second-order valence-electron chi connectivity index (χ2n) is 2.44. The Balaban J connectivity index is 3.02. The Morgan fingerprint density at radius 3 is 2.92 bits per heavy atom. The van der Waals surface area contributed by atoms with Gasteiger partial charge in [-0.2, -0.15) is 4.39 Å². The van der Waals surface area contributed by atoms with Crippen LogP contribution in [0.5, 0.6) is 0 Å². The smallest absolute Gasteiger partial charge is 0.310 e. The number of carboxylic acids is 1. The van der Waals surface area contributed by atoms with Crippen molar-refractivity contribution in [3.63, 3.8) is 0 Å². The third-order valence-corrected chi connectivity index (χ3v) is 1.62. The van der Waals surface area contributed by atoms with Gasteiger partial charge in [-0.3, -0.25) is 4.79 Å². The number of aromatic nitrogens is 1. The molecule has 0 radical (unpaired) electrons. The summed E-state index contributed by atoms with van der Waals surface area (Å²) in [5, 5.41) is 8.57. The molecule has 0 saturated carbocycles. The zero-order valence-corrected chi connectivity index (χ0v) is 6.49. The largest absolute Gasteiger partial charge is 0.481 e. The lowest BCUT2D eigenvalue weighted by Gasteiger charge is -2.05. The van der Waals surface area contributed by atoms with Crippen LogP contribution in [0.3, 0.4) is 0 Å². The highest BCUT2D eigenvalue weighted by Crippen LogP contribution is 2.16. The van der Waals surface area contributed by atoms with Gasteiger partial charge in [0.25, 0.3) is 0 Å². The van der Waals surface area contributed by atoms with Crippen LogP contribution in [0.15, 0.2) is 18.3 Å². The molecule has 0 aliphatic heterocycles. The van der Waals surface area contributed by atoms with Crippen LogP contribution >= 0.6 is 0 Å². The van der Waals surface area contributed by atoms with Crippen molar-refractivity contribution in [3.8, 4) is 0 Å². The van der Waals surface area contributed by atoms with Crippen LogP contribution in [-0.4, -0.2) is 16.1 Å². The first-order valence-electron chi connectivity index (χ1n) is 3.46. The average molecular weight is 169 g/mol. The molecule has 64 valence electrons. The van der Waals surface area contributed by atoms with Crippen LogP contribution in [0, 0.1) is 5.95 Å². The van der Waals surface area contributed by atoms with Crippen molar-refractivity contribution in [1.82, 2.24) is 4.98 Å². The maximum Gasteiger partial charge on any atom is 0.310 e. The van der Waals surface area contributed by atoms with E-state index in [1.54, 1.807) is 0 Å². The summed E-state index contributed by atoms with van der Waals surface area (Å²) in [5.41, 5.74) is 0.116. The van der Waals surface area contributed by atoms with E-state index in [0.29, 0.717) is 0 Å². The summed E-state index contributed by atoms with van der Waals surface area (Å²) >= 11 is 0. The SMILES string of the molecule is CC(C(=O)O)c1cccnc1F. The lowest BCUT2D eigenvalue weighted by molar-refractivity contribution is -0.138. The molecule has 1 heterocycles. The molecular formula is C8H8FNO2. The maximum absolute atomic E-state index is 12.8. The average Bonchev–Trinajstić information content (AvgIpc) is 2.04. The van der Waals surface area contributed by atoms with E-state index >= 15 is 0 Å². The Bertz CT molecular complexity index is 301. The fourth-order valence-electron chi connectivity index (χ4n) is 0.854. The summed E-state index contributed by atoms with van der Waals surface area (Å²) in [7, 11) is 0. The van der Waals surface area contributed by atoms with Gasteiger partial charge in [-0.05, 0) is 13.0 Å². The third-order valence-electron chi connectivity index (χ3n) is 1.62. The highest BCUT2D eigenvalue weighted by Gasteiger charge is 2.17. The van der Waals surface area contributed by atoms with Gasteiger partial charge in [-0.25, -0.2) is 4.98 Å². The molecule has 1 rings (SSSR count). The Morgan fingerprint density at radius 2 is 2.42 bits per heavy atom. The molecule has 1 aromatic rings. The summed E-state index contributed by atoms with van der Waals surface area (Å²) in [6, 6.07) is 2.93. The molecule has 1 atom stereocenters. The minimum Gasteiger partial charge on any atom is -0.481 e. The van der Waals surface area contributed by atoms with Gasteiger partial charge in [0.05, 0.1) is 5.92 Å². The molecule has 0 aromatic carbocycles. The highest BCUT2D eigenvalue weighted by atomic mass is 19.1. The van der Waals surface area contributed by atoms with E-state index in [2.05, 4.69) is 4.98 Å². The molecule has 0 fully saturated rings. The summed E-state index contributed by atoms with van der Waals surface area (Å²) in [4.78, 5) is 13.8. The van der Waals surface area contributed by atoms with Crippen LogP contribution in [-0.2, 0) is 4.79 Å². The Morgan fingerprint density at radius 1 is 1.75 bits per heavy atom. The van der Waals surface area contributed by atoms with E-state index in [9.17, 15) is 9.18 Å². The molecule has 1 N–H and O–H groups in total. The normalized spacial score (nSPS) is 12.5. The molecule has 0 aliphatic carbocycles. The van der Waals surface area contributed by atoms with Crippen molar-refractivity contribution in [2.24, 2.45) is 0 Å². The molecule has 1 unspecified atom stereocenters. The van der Waals surface area contributed by atoms with Gasteiger partial charge in [-0.15, -0.1) is 0 Å². The molecule has 3 nitrogen and oxygen atoms in total. The molecule has 12 heavy (non-hydrogen) atoms. The standard InChI is InChI=1S/C8H8FNO2/c1-5(8(11)12)6-3-2-4-10-7(6)9/h2-5H,1H3,(H,11,12). The van der Waals surface area contributed by atoms with Gasteiger partial charge in [0.15, 0.2) is 0 Å². The Hall–Kier alpha value is -1.45. The molecule has 0 spiro atoms. The first kappa shape index (κ1) is 8.64. The van der Waals surface area contributed by atoms with Gasteiger partial charge < -0.3 is 5.11 Å². The number of halogens is 1. The van der Waals surface area contributed by atoms with E-state index in [1.807, 2.05) is 0 Å². The quantitative estimate of drug-likeness (QED) is 0.681. The lowest BCUT2D eigenvalue weighted by atomic mass is 10.0. The highest BCUT2D eigenvalue weighted by molar-refractivity contribution is 5.75. The summed E-state index contributed by atoms with van der Waals surface area (Å²) in [6.45, 7) is 1.42. The number of hydrogen-bond acceptors (Lipinski definition) is 2. The van der Waals surface area contributed by atoms with Gasteiger partial charge >= 0.3 is 5.97 Å². The summed E-state index contributed by atoms with van der Waals surface area (Å²) in [6.07, 6.45) is 1.29. The number of aliphatic carboxylic acids is 1. The minimum atomic E-state index is -1.05. The van der Waals surface area contributed by atoms with Gasteiger partial charge in [-0.1, -0.05) is 6.07 Å². The molecular weight excluding hydrogens is 161 g/mol. The van der Waals surface area contributed by atoms with Crippen LogP contribution in [0.1, 0.15) is 18.4 Å². The van der Waals surface area contributed by atoms with E-state index in [4.69, 9.17) is 5.11 Å². The first-order chi connectivity index (χ1) is 5.63. The van der Waals surface area contributed by atoms with E-state index in [0.717, 1.165) is 0 Å². The van der Waals surface area contributed by atoms with Crippen molar-refractivity contribution >= 4 is 5.97 Å². The fraction of sp³-hybridized carbons (Fsp3) is 0.250. The molecule has 0 amide bonds. The second kappa shape index (κ2) is 3.30. The van der Waals surface area contributed by atoms with Crippen molar-refractivity contribution in [1.29, 1.82) is 0 Å². The minimum absolute atomic E-state index is 0.116. The monoisotopic (exact) mass is 169 g/mol. The van der Waals surface area contributed by atoms with Gasteiger partial charge in [0.1, 0.15) is 0 Å². The van der Waals surface area contributed by atoms with Crippen LogP contribution in [0.4, 0.5) is 4.39 Å². The van der Waals surface area contributed by atoms with Crippen molar-refractivity contribution < 1.29 is 14.3 Å². The van der Waals surface area contributed by atoms with Crippen LogP contribution in [0.2, 0.25) is 0 Å². The third kappa shape index (κ3) is 1.58. The number of hydrogen-bond donors (Lipinski definition) is 1. The molecule has 0 bridgehead atoms. The maximum atomic E-state index is 12.8. The lowest BCUT2D eigenvalue weighted by Crippen LogP contribution is -2.09. The Labute approximate surface area is 68.9 Å². The van der Waals surface area contributed by atoms with Crippen LogP contribution in [0.25, 0.3) is 0 Å². The number of pyridine rings is 1. The number of nitrogens with zero attached hydrogens (tertiary/aromatic N) is 1.